The van der Waals surface area contributed by atoms with Crippen molar-refractivity contribution in [2.45, 2.75) is 31.1 Å². The highest BCUT2D eigenvalue weighted by Gasteiger charge is 2.38. The number of carbonyl (C=O) groups excluding carboxylic acids is 1. The number of ether oxygens (including phenoxy) is 1. The van der Waals surface area contributed by atoms with E-state index in [1.807, 2.05) is 19.2 Å². The molecule has 2 aliphatic rings. The molecule has 7 nitrogen and oxygen atoms in total. The topological polar surface area (TPSA) is 79.0 Å². The summed E-state index contributed by atoms with van der Waals surface area (Å²) in [5.74, 6) is -0.448. The van der Waals surface area contributed by atoms with Crippen molar-refractivity contribution in [1.29, 1.82) is 0 Å². The van der Waals surface area contributed by atoms with Gasteiger partial charge in [0.15, 0.2) is 0 Å². The van der Waals surface area contributed by atoms with E-state index in [1.165, 1.54) is 15.9 Å². The number of anilines is 1. The summed E-state index contributed by atoms with van der Waals surface area (Å²) in [7, 11) is -1.75. The fourth-order valence-corrected chi connectivity index (χ4v) is 6.41. The van der Waals surface area contributed by atoms with E-state index in [4.69, 9.17) is 17.0 Å². The first kappa shape index (κ1) is 24.5. The van der Waals surface area contributed by atoms with E-state index in [0.29, 0.717) is 31.9 Å². The summed E-state index contributed by atoms with van der Waals surface area (Å²) in [6, 6.07) is 12.8. The van der Waals surface area contributed by atoms with Crippen LogP contribution in [0.15, 0.2) is 59.1 Å². The number of nitrogens with zero attached hydrogens (tertiary/aromatic N) is 2. The Balaban J connectivity index is 1.56. The van der Waals surface area contributed by atoms with Gasteiger partial charge in [0.05, 0.1) is 18.1 Å². The predicted molar refractivity (Wildman–Crippen MR) is 137 cm³/mol. The number of allylic oxidation sites excluding steroid dienone is 1. The Morgan fingerprint density at radius 1 is 1.15 bits per heavy atom. The summed E-state index contributed by atoms with van der Waals surface area (Å²) in [5, 5.41) is 2.75. The van der Waals surface area contributed by atoms with Crippen molar-refractivity contribution in [3.05, 3.63) is 70.9 Å². The maximum absolute atomic E-state index is 13.1. The molecule has 0 bridgehead atoms. The zero-order chi connectivity index (χ0) is 24.7. The minimum absolute atomic E-state index is 0.124. The number of carbonyl (C=O) groups is 1. The van der Waals surface area contributed by atoms with Crippen molar-refractivity contribution in [3.8, 4) is 0 Å². The summed E-state index contributed by atoms with van der Waals surface area (Å²) in [6.45, 7) is 7.26. The summed E-state index contributed by atoms with van der Waals surface area (Å²) >= 11 is 5.49. The van der Waals surface area contributed by atoms with Crippen molar-refractivity contribution >= 4 is 38.8 Å². The second kappa shape index (κ2) is 9.22. The predicted octanol–water partition coefficient (Wildman–Crippen LogP) is 3.38. The molecule has 34 heavy (non-hydrogen) atoms. The number of nitrogens with one attached hydrogen (secondary N) is 1. The second-order valence-corrected chi connectivity index (χ2v) is 11.4. The van der Waals surface area contributed by atoms with Gasteiger partial charge >= 0.3 is 0 Å². The SMILES string of the molecule is Cc1ccc(C(=O)NC(=S)C=C2N(C)c3ccccc3C2(C)C)cc1S(=O)(=O)N1CCOCC1. The summed E-state index contributed by atoms with van der Waals surface area (Å²) < 4.78 is 33.0. The highest BCUT2D eigenvalue weighted by Crippen LogP contribution is 2.46. The summed E-state index contributed by atoms with van der Waals surface area (Å²) in [4.78, 5) is 15.5. The molecule has 0 aliphatic carbocycles. The minimum Gasteiger partial charge on any atom is -0.379 e. The maximum Gasteiger partial charge on any atom is 0.256 e. The molecule has 4 rings (SSSR count). The standard InChI is InChI=1S/C25H29N3O4S2/c1-17-9-10-18(15-21(17)34(30,31)28-11-13-32-14-12-28)24(29)26-23(33)16-22-25(2,3)19-7-5-6-8-20(19)27(22)4/h5-10,15-16H,11-14H2,1-4H3,(H,26,29,33). The molecule has 1 fully saturated rings. The third kappa shape index (κ3) is 4.40. The number of rotatable bonds is 4. The number of benzene rings is 2. The Morgan fingerprint density at radius 3 is 2.50 bits per heavy atom. The van der Waals surface area contributed by atoms with Gasteiger partial charge in [0.2, 0.25) is 10.0 Å². The molecular formula is C25H29N3O4S2. The minimum atomic E-state index is -3.73. The van der Waals surface area contributed by atoms with Crippen LogP contribution < -0.4 is 10.2 Å². The lowest BCUT2D eigenvalue weighted by Gasteiger charge is -2.26. The molecule has 1 N–H and O–H groups in total. The van der Waals surface area contributed by atoms with Crippen molar-refractivity contribution in [2.24, 2.45) is 0 Å². The Labute approximate surface area is 206 Å². The van der Waals surface area contributed by atoms with Crippen LogP contribution in [0.1, 0.15) is 35.3 Å². The molecular weight excluding hydrogens is 470 g/mol. The first-order valence-corrected chi connectivity index (χ1v) is 13.0. The highest BCUT2D eigenvalue weighted by molar-refractivity contribution is 7.89. The van der Waals surface area contributed by atoms with Crippen molar-refractivity contribution in [2.75, 3.05) is 38.3 Å². The zero-order valence-electron chi connectivity index (χ0n) is 19.8. The fraction of sp³-hybridized carbons (Fsp3) is 0.360. The van der Waals surface area contributed by atoms with Crippen LogP contribution in [0.2, 0.25) is 0 Å². The number of hydrogen-bond donors (Lipinski definition) is 1. The van der Waals surface area contributed by atoms with Gasteiger partial charge in [0, 0.05) is 42.5 Å². The summed E-state index contributed by atoms with van der Waals surface area (Å²) in [5.41, 5.74) is 3.81. The molecule has 0 saturated carbocycles. The Hall–Kier alpha value is -2.59. The van der Waals surface area contributed by atoms with Crippen LogP contribution in [-0.4, -0.2) is 57.0 Å². The van der Waals surface area contributed by atoms with Crippen LogP contribution in [0.25, 0.3) is 0 Å². The van der Waals surface area contributed by atoms with E-state index in [9.17, 15) is 13.2 Å². The lowest BCUT2D eigenvalue weighted by molar-refractivity contribution is 0.0730. The fourth-order valence-electron chi connectivity index (χ4n) is 4.55. The lowest BCUT2D eigenvalue weighted by Crippen LogP contribution is -2.41. The van der Waals surface area contributed by atoms with Crippen molar-refractivity contribution in [1.82, 2.24) is 9.62 Å². The largest absolute Gasteiger partial charge is 0.379 e. The molecule has 2 aromatic carbocycles. The molecule has 2 heterocycles. The molecule has 2 aromatic rings. The molecule has 2 aliphatic heterocycles. The average molecular weight is 500 g/mol. The van der Waals surface area contributed by atoms with Gasteiger partial charge in [-0.1, -0.05) is 50.3 Å². The number of sulfonamides is 1. The van der Waals surface area contributed by atoms with Gasteiger partial charge in [-0.05, 0) is 42.3 Å². The van der Waals surface area contributed by atoms with Gasteiger partial charge in [-0.2, -0.15) is 4.31 Å². The van der Waals surface area contributed by atoms with Crippen molar-refractivity contribution in [3.63, 3.8) is 0 Å². The Bertz CT molecular complexity index is 1280. The smallest absolute Gasteiger partial charge is 0.256 e. The van der Waals surface area contributed by atoms with Crippen LogP contribution in [0.4, 0.5) is 5.69 Å². The van der Waals surface area contributed by atoms with E-state index >= 15 is 0 Å². The number of para-hydroxylation sites is 1. The third-order valence-corrected chi connectivity index (χ3v) is 8.74. The Kier molecular flexibility index (Phi) is 6.65. The number of hydrogen-bond acceptors (Lipinski definition) is 6. The van der Waals surface area contributed by atoms with E-state index in [1.54, 1.807) is 25.1 Å². The molecule has 1 amide bonds. The van der Waals surface area contributed by atoms with Crippen LogP contribution >= 0.6 is 12.2 Å². The van der Waals surface area contributed by atoms with Gasteiger partial charge in [0.25, 0.3) is 5.91 Å². The van der Waals surface area contributed by atoms with Crippen LogP contribution in [0, 0.1) is 6.92 Å². The lowest BCUT2D eigenvalue weighted by atomic mass is 9.84. The van der Waals surface area contributed by atoms with Gasteiger partial charge in [-0.3, -0.25) is 4.79 Å². The van der Waals surface area contributed by atoms with E-state index in [-0.39, 0.29) is 20.9 Å². The van der Waals surface area contributed by atoms with E-state index < -0.39 is 15.9 Å². The third-order valence-electron chi connectivity index (χ3n) is 6.48. The maximum atomic E-state index is 13.1. The number of fused-ring (bicyclic) bond motifs is 1. The number of morpholine rings is 1. The molecule has 0 atom stereocenters. The molecule has 0 radical (unpaired) electrons. The van der Waals surface area contributed by atoms with Crippen molar-refractivity contribution < 1.29 is 17.9 Å². The first-order chi connectivity index (χ1) is 16.0. The van der Waals surface area contributed by atoms with Crippen LogP contribution in [0.3, 0.4) is 0 Å². The number of amides is 1. The molecule has 0 aromatic heterocycles. The zero-order valence-corrected chi connectivity index (χ0v) is 21.4. The average Bonchev–Trinajstić information content (AvgIpc) is 3.00. The number of aryl methyl sites for hydroxylation is 1. The van der Waals surface area contributed by atoms with Crippen LogP contribution in [-0.2, 0) is 20.2 Å². The normalized spacial score (nSPS) is 19.2. The second-order valence-electron chi connectivity index (χ2n) is 9.05. The highest BCUT2D eigenvalue weighted by atomic mass is 32.2. The first-order valence-electron chi connectivity index (χ1n) is 11.1. The molecule has 0 unspecified atom stereocenters. The van der Waals surface area contributed by atoms with E-state index in [2.05, 4.69) is 36.2 Å². The summed E-state index contributed by atoms with van der Waals surface area (Å²) in [6.07, 6.45) is 1.80. The van der Waals surface area contributed by atoms with Gasteiger partial charge in [-0.25, -0.2) is 8.42 Å². The van der Waals surface area contributed by atoms with E-state index in [0.717, 1.165) is 11.4 Å². The number of likely N-dealkylation sites (N-methyl/N-ethyl adjacent to an activating group) is 1. The van der Waals surface area contributed by atoms with Gasteiger partial charge < -0.3 is 15.0 Å². The monoisotopic (exact) mass is 499 g/mol. The molecule has 0 spiro atoms. The quantitative estimate of drug-likeness (QED) is 0.513. The van der Waals surface area contributed by atoms with Gasteiger partial charge in [-0.15, -0.1) is 0 Å². The molecule has 1 saturated heterocycles. The Morgan fingerprint density at radius 2 is 1.82 bits per heavy atom. The number of thiocarbonyl (C=S) groups is 1. The van der Waals surface area contributed by atoms with Crippen LogP contribution in [0.5, 0.6) is 0 Å². The molecule has 180 valence electrons. The molecule has 9 heteroatoms. The van der Waals surface area contributed by atoms with Gasteiger partial charge in [0.1, 0.15) is 4.99 Å².